The molecule has 0 unspecified atom stereocenters. The van der Waals surface area contributed by atoms with Crippen molar-refractivity contribution in [2.24, 2.45) is 5.10 Å². The van der Waals surface area contributed by atoms with E-state index in [-0.39, 0.29) is 5.91 Å². The lowest BCUT2D eigenvalue weighted by atomic mass is 10.1. The van der Waals surface area contributed by atoms with E-state index in [2.05, 4.69) is 26.5 Å². The van der Waals surface area contributed by atoms with Gasteiger partial charge in [0.25, 0.3) is 5.91 Å². The molecule has 3 aromatic rings. The van der Waals surface area contributed by atoms with Crippen LogP contribution in [0.2, 0.25) is 0 Å². The summed E-state index contributed by atoms with van der Waals surface area (Å²) < 4.78 is 6.64. The Kier molecular flexibility index (Phi) is 6.39. The van der Waals surface area contributed by atoms with Crippen LogP contribution in [0.1, 0.15) is 27.0 Å². The molecule has 27 heavy (non-hydrogen) atoms. The molecule has 1 N–H and O–H groups in total. The number of carbonyl (C=O) groups excluding carboxylic acids is 1. The van der Waals surface area contributed by atoms with Crippen molar-refractivity contribution in [2.45, 2.75) is 13.5 Å². The zero-order valence-corrected chi connectivity index (χ0v) is 16.4. The Balaban J connectivity index is 1.53. The molecule has 0 spiro atoms. The normalized spacial score (nSPS) is 10.7. The van der Waals surface area contributed by atoms with Gasteiger partial charge >= 0.3 is 0 Å². The molecule has 0 aliphatic carbocycles. The summed E-state index contributed by atoms with van der Waals surface area (Å²) in [5.41, 5.74) is 6.14. The molecule has 3 rings (SSSR count). The number of nitrogens with one attached hydrogen (secondary N) is 1. The first-order valence-electron chi connectivity index (χ1n) is 8.48. The van der Waals surface area contributed by atoms with Crippen LogP contribution in [-0.4, -0.2) is 12.1 Å². The lowest BCUT2D eigenvalue weighted by Gasteiger charge is -2.06. The third-order valence-electron chi connectivity index (χ3n) is 3.94. The van der Waals surface area contributed by atoms with Crippen molar-refractivity contribution in [2.75, 3.05) is 0 Å². The van der Waals surface area contributed by atoms with Gasteiger partial charge in [-0.3, -0.25) is 4.79 Å². The molecule has 0 aliphatic rings. The third-order valence-corrected chi connectivity index (χ3v) is 4.80. The van der Waals surface area contributed by atoms with Crippen LogP contribution in [0.5, 0.6) is 5.75 Å². The highest BCUT2D eigenvalue weighted by Gasteiger charge is 2.05. The molecule has 3 aromatic carbocycles. The second-order valence-corrected chi connectivity index (χ2v) is 6.86. The van der Waals surface area contributed by atoms with Crippen LogP contribution >= 0.6 is 15.9 Å². The lowest BCUT2D eigenvalue weighted by Crippen LogP contribution is -2.17. The SMILES string of the molecule is Cc1ccc(C(=O)N/N=C/c2ccc(OCc3ccccc3)cc2)cc1Br. The number of halogens is 1. The average Bonchev–Trinajstić information content (AvgIpc) is 2.70. The van der Waals surface area contributed by atoms with Gasteiger partial charge in [0.15, 0.2) is 0 Å². The number of ether oxygens (including phenoxy) is 1. The van der Waals surface area contributed by atoms with Crippen molar-refractivity contribution in [3.63, 3.8) is 0 Å². The van der Waals surface area contributed by atoms with Crippen molar-refractivity contribution >= 4 is 28.1 Å². The minimum atomic E-state index is -0.255. The highest BCUT2D eigenvalue weighted by atomic mass is 79.9. The summed E-state index contributed by atoms with van der Waals surface area (Å²) in [7, 11) is 0. The lowest BCUT2D eigenvalue weighted by molar-refractivity contribution is 0.0955. The van der Waals surface area contributed by atoms with Gasteiger partial charge in [0.1, 0.15) is 12.4 Å². The van der Waals surface area contributed by atoms with Crippen LogP contribution in [0.15, 0.2) is 82.4 Å². The van der Waals surface area contributed by atoms with E-state index in [9.17, 15) is 4.79 Å². The molecule has 1 amide bonds. The molecule has 0 atom stereocenters. The first kappa shape index (κ1) is 18.9. The Morgan fingerprint density at radius 3 is 2.52 bits per heavy atom. The second-order valence-electron chi connectivity index (χ2n) is 6.01. The van der Waals surface area contributed by atoms with Gasteiger partial charge in [-0.2, -0.15) is 5.10 Å². The van der Waals surface area contributed by atoms with Crippen LogP contribution in [-0.2, 0) is 6.61 Å². The van der Waals surface area contributed by atoms with Crippen LogP contribution in [0.3, 0.4) is 0 Å². The van der Waals surface area contributed by atoms with Gasteiger partial charge in [0, 0.05) is 10.0 Å². The fraction of sp³-hybridized carbons (Fsp3) is 0.0909. The van der Waals surface area contributed by atoms with Crippen molar-refractivity contribution in [3.8, 4) is 5.75 Å². The average molecular weight is 423 g/mol. The van der Waals surface area contributed by atoms with Crippen molar-refractivity contribution in [1.29, 1.82) is 0 Å². The van der Waals surface area contributed by atoms with Crippen LogP contribution in [0, 0.1) is 6.92 Å². The summed E-state index contributed by atoms with van der Waals surface area (Å²) >= 11 is 3.42. The predicted octanol–water partition coefficient (Wildman–Crippen LogP) is 5.10. The Morgan fingerprint density at radius 1 is 1.07 bits per heavy atom. The number of rotatable bonds is 6. The van der Waals surface area contributed by atoms with Gasteiger partial charge in [-0.15, -0.1) is 0 Å². The fourth-order valence-corrected chi connectivity index (χ4v) is 2.73. The molecule has 0 saturated heterocycles. The highest BCUT2D eigenvalue weighted by Crippen LogP contribution is 2.17. The molecule has 0 aliphatic heterocycles. The van der Waals surface area contributed by atoms with E-state index in [0.717, 1.165) is 26.9 Å². The van der Waals surface area contributed by atoms with E-state index in [1.54, 1.807) is 18.3 Å². The predicted molar refractivity (Wildman–Crippen MR) is 111 cm³/mol. The number of hydrazone groups is 1. The summed E-state index contributed by atoms with van der Waals surface area (Å²) in [5, 5.41) is 4.01. The van der Waals surface area contributed by atoms with E-state index >= 15 is 0 Å². The van der Waals surface area contributed by atoms with Gasteiger partial charge in [-0.1, -0.05) is 52.3 Å². The minimum Gasteiger partial charge on any atom is -0.489 e. The van der Waals surface area contributed by atoms with Crippen molar-refractivity contribution in [1.82, 2.24) is 5.43 Å². The van der Waals surface area contributed by atoms with Crippen LogP contribution < -0.4 is 10.2 Å². The zero-order chi connectivity index (χ0) is 19.1. The van der Waals surface area contributed by atoms with Crippen LogP contribution in [0.4, 0.5) is 0 Å². The first-order valence-corrected chi connectivity index (χ1v) is 9.27. The van der Waals surface area contributed by atoms with Gasteiger partial charge < -0.3 is 4.74 Å². The topological polar surface area (TPSA) is 50.7 Å². The van der Waals surface area contributed by atoms with Crippen LogP contribution in [0.25, 0.3) is 0 Å². The van der Waals surface area contributed by atoms with E-state index in [4.69, 9.17) is 4.74 Å². The standard InChI is InChI=1S/C22H19BrN2O2/c1-16-7-10-19(13-21(16)23)22(26)25-24-14-17-8-11-20(12-9-17)27-15-18-5-3-2-4-6-18/h2-14H,15H2,1H3,(H,25,26)/b24-14+. The maximum absolute atomic E-state index is 12.1. The van der Waals surface area contributed by atoms with E-state index in [1.165, 1.54) is 0 Å². The molecule has 0 radical (unpaired) electrons. The zero-order valence-electron chi connectivity index (χ0n) is 14.9. The van der Waals surface area contributed by atoms with Gasteiger partial charge in [0.05, 0.1) is 6.21 Å². The summed E-state index contributed by atoms with van der Waals surface area (Å²) in [4.78, 5) is 12.1. The second kappa shape index (κ2) is 9.14. The summed E-state index contributed by atoms with van der Waals surface area (Å²) in [6.07, 6.45) is 1.60. The molecule has 0 heterocycles. The molecule has 0 fully saturated rings. The minimum absolute atomic E-state index is 0.255. The number of nitrogens with zero attached hydrogens (tertiary/aromatic N) is 1. The number of hydrogen-bond acceptors (Lipinski definition) is 3. The molecule has 136 valence electrons. The van der Waals surface area contributed by atoms with Gasteiger partial charge in [0.2, 0.25) is 0 Å². The monoisotopic (exact) mass is 422 g/mol. The molecular weight excluding hydrogens is 404 g/mol. The number of carbonyl (C=O) groups is 1. The summed E-state index contributed by atoms with van der Waals surface area (Å²) in [6, 6.07) is 23.0. The fourth-order valence-electron chi connectivity index (χ4n) is 2.36. The molecular formula is C22H19BrN2O2. The van der Waals surface area contributed by atoms with Crippen molar-refractivity contribution < 1.29 is 9.53 Å². The Hall–Kier alpha value is -2.92. The van der Waals surface area contributed by atoms with Crippen molar-refractivity contribution in [3.05, 3.63) is 99.5 Å². The quantitative estimate of drug-likeness (QED) is 0.443. The van der Waals surface area contributed by atoms with E-state index in [1.807, 2.05) is 67.6 Å². The summed E-state index contributed by atoms with van der Waals surface area (Å²) in [5.74, 6) is 0.527. The largest absolute Gasteiger partial charge is 0.489 e. The van der Waals surface area contributed by atoms with Gasteiger partial charge in [-0.05, 0) is 60.0 Å². The number of amides is 1. The Labute approximate surface area is 167 Å². The number of aryl methyl sites for hydroxylation is 1. The number of benzene rings is 3. The summed E-state index contributed by atoms with van der Waals surface area (Å²) in [6.45, 7) is 2.49. The smallest absolute Gasteiger partial charge is 0.271 e. The maximum atomic E-state index is 12.1. The third kappa shape index (κ3) is 5.53. The Bertz CT molecular complexity index is 938. The molecule has 4 nitrogen and oxygen atoms in total. The molecule has 5 heteroatoms. The van der Waals surface area contributed by atoms with E-state index < -0.39 is 0 Å². The Morgan fingerprint density at radius 2 is 1.81 bits per heavy atom. The van der Waals surface area contributed by atoms with Gasteiger partial charge in [-0.25, -0.2) is 5.43 Å². The first-order chi connectivity index (χ1) is 13.1. The number of hydrogen-bond donors (Lipinski definition) is 1. The highest BCUT2D eigenvalue weighted by molar-refractivity contribution is 9.10. The molecule has 0 bridgehead atoms. The molecule has 0 aromatic heterocycles. The van der Waals surface area contributed by atoms with E-state index in [0.29, 0.717) is 12.2 Å². The maximum Gasteiger partial charge on any atom is 0.271 e. The molecule has 0 saturated carbocycles.